The maximum atomic E-state index is 10.5. The van der Waals surface area contributed by atoms with E-state index in [0.29, 0.717) is 33.4 Å². The summed E-state index contributed by atoms with van der Waals surface area (Å²) >= 11 is 11.8. The Bertz CT molecular complexity index is 634. The van der Waals surface area contributed by atoms with Gasteiger partial charge in [-0.3, -0.25) is 9.78 Å². The zero-order chi connectivity index (χ0) is 14.0. The predicted molar refractivity (Wildman–Crippen MR) is 75.1 cm³/mol. The number of carboxylic acids is 1. The third kappa shape index (κ3) is 3.24. The van der Waals surface area contributed by atoms with Crippen LogP contribution >= 0.6 is 23.2 Å². The molecule has 0 spiro atoms. The summed E-state index contributed by atoms with van der Waals surface area (Å²) in [5.74, 6) is -0.262. The summed E-state index contributed by atoms with van der Waals surface area (Å²) in [6.07, 6.45) is 1.62. The van der Waals surface area contributed by atoms with Gasteiger partial charge in [0.2, 0.25) is 0 Å². The second-order valence-corrected chi connectivity index (χ2v) is 4.86. The van der Waals surface area contributed by atoms with Gasteiger partial charge in [0.1, 0.15) is 5.82 Å². The smallest absolute Gasteiger partial charge is 0.305 e. The van der Waals surface area contributed by atoms with Gasteiger partial charge in [0, 0.05) is 13.6 Å². The molecule has 0 atom stereocenters. The summed E-state index contributed by atoms with van der Waals surface area (Å²) in [7, 11) is 1.76. The molecule has 2 rings (SSSR count). The number of rotatable bonds is 4. The topological polar surface area (TPSA) is 66.3 Å². The first-order valence-corrected chi connectivity index (χ1v) is 6.27. The summed E-state index contributed by atoms with van der Waals surface area (Å²) in [5.41, 5.74) is 1.26. The van der Waals surface area contributed by atoms with Gasteiger partial charge in [-0.2, -0.15) is 0 Å². The van der Waals surface area contributed by atoms with Gasteiger partial charge >= 0.3 is 5.97 Å². The molecule has 0 aliphatic carbocycles. The van der Waals surface area contributed by atoms with E-state index in [1.165, 1.54) is 0 Å². The van der Waals surface area contributed by atoms with Gasteiger partial charge in [0.15, 0.2) is 0 Å². The number of aromatic nitrogens is 2. The molecule has 19 heavy (non-hydrogen) atoms. The van der Waals surface area contributed by atoms with Crippen molar-refractivity contribution < 1.29 is 9.90 Å². The Morgan fingerprint density at radius 1 is 1.32 bits per heavy atom. The SMILES string of the molecule is CN(CCC(=O)O)c1cnc2cc(Cl)c(Cl)cc2n1. The minimum absolute atomic E-state index is 0.0393. The molecule has 1 aromatic carbocycles. The van der Waals surface area contributed by atoms with Crippen LogP contribution in [0.2, 0.25) is 10.0 Å². The van der Waals surface area contributed by atoms with Crippen LogP contribution in [0.3, 0.4) is 0 Å². The Labute approximate surface area is 119 Å². The molecular weight excluding hydrogens is 289 g/mol. The summed E-state index contributed by atoms with van der Waals surface area (Å²) in [6, 6.07) is 3.29. The lowest BCUT2D eigenvalue weighted by atomic mass is 10.3. The van der Waals surface area contributed by atoms with Crippen LogP contribution in [0.5, 0.6) is 0 Å². The highest BCUT2D eigenvalue weighted by Crippen LogP contribution is 2.26. The highest BCUT2D eigenvalue weighted by Gasteiger charge is 2.08. The van der Waals surface area contributed by atoms with Crippen molar-refractivity contribution in [1.82, 2.24) is 9.97 Å². The van der Waals surface area contributed by atoms with Crippen LogP contribution in [0.4, 0.5) is 5.82 Å². The normalized spacial score (nSPS) is 10.7. The van der Waals surface area contributed by atoms with Crippen molar-refractivity contribution in [3.05, 3.63) is 28.4 Å². The molecule has 0 aliphatic rings. The molecule has 2 aromatic rings. The van der Waals surface area contributed by atoms with Gasteiger partial charge in [-0.1, -0.05) is 23.2 Å². The predicted octanol–water partition coefficient (Wildman–Crippen LogP) is 2.85. The Morgan fingerprint density at radius 3 is 2.58 bits per heavy atom. The van der Waals surface area contributed by atoms with E-state index in [2.05, 4.69) is 9.97 Å². The Morgan fingerprint density at radius 2 is 1.95 bits per heavy atom. The quantitative estimate of drug-likeness (QED) is 0.940. The average Bonchev–Trinajstić information content (AvgIpc) is 2.36. The number of hydrogen-bond acceptors (Lipinski definition) is 4. The number of fused-ring (bicyclic) bond motifs is 1. The first-order valence-electron chi connectivity index (χ1n) is 5.52. The summed E-state index contributed by atoms with van der Waals surface area (Å²) in [4.78, 5) is 20.9. The molecule has 0 aliphatic heterocycles. The first kappa shape index (κ1) is 13.8. The second kappa shape index (κ2) is 5.59. The highest BCUT2D eigenvalue weighted by molar-refractivity contribution is 6.42. The average molecular weight is 300 g/mol. The lowest BCUT2D eigenvalue weighted by Crippen LogP contribution is -2.22. The molecule has 1 heterocycles. The van der Waals surface area contributed by atoms with Crippen molar-refractivity contribution >= 4 is 46.0 Å². The van der Waals surface area contributed by atoms with E-state index in [9.17, 15) is 4.79 Å². The standard InChI is InChI=1S/C12H11Cl2N3O2/c1-17(3-2-12(18)19)11-6-15-9-4-7(13)8(14)5-10(9)16-11/h4-6H,2-3H2,1H3,(H,18,19). The number of hydrogen-bond donors (Lipinski definition) is 1. The van der Waals surface area contributed by atoms with Gasteiger partial charge in [-0.15, -0.1) is 0 Å². The zero-order valence-corrected chi connectivity index (χ0v) is 11.6. The van der Waals surface area contributed by atoms with E-state index in [4.69, 9.17) is 28.3 Å². The van der Waals surface area contributed by atoms with E-state index in [1.807, 2.05) is 0 Å². The molecule has 0 bridgehead atoms. The summed E-state index contributed by atoms with van der Waals surface area (Å²) in [6.45, 7) is 0.358. The molecule has 5 nitrogen and oxygen atoms in total. The molecule has 1 aromatic heterocycles. The van der Waals surface area contributed by atoms with Crippen LogP contribution in [0.15, 0.2) is 18.3 Å². The Balaban J connectivity index is 2.30. The van der Waals surface area contributed by atoms with Crippen LogP contribution < -0.4 is 4.90 Å². The molecule has 0 radical (unpaired) electrons. The van der Waals surface area contributed by atoms with Crippen LogP contribution in [0.25, 0.3) is 11.0 Å². The van der Waals surface area contributed by atoms with Crippen LogP contribution in [0, 0.1) is 0 Å². The number of carboxylic acid groups (broad SMARTS) is 1. The number of halogens is 2. The molecule has 100 valence electrons. The van der Waals surface area contributed by atoms with Crippen molar-refractivity contribution in [2.24, 2.45) is 0 Å². The van der Waals surface area contributed by atoms with Crippen molar-refractivity contribution in [3.63, 3.8) is 0 Å². The molecule has 0 saturated carbocycles. The number of aliphatic carboxylic acids is 1. The summed E-state index contributed by atoms with van der Waals surface area (Å²) in [5, 5.41) is 9.49. The number of benzene rings is 1. The lowest BCUT2D eigenvalue weighted by Gasteiger charge is -2.16. The maximum Gasteiger partial charge on any atom is 0.305 e. The third-order valence-corrected chi connectivity index (χ3v) is 3.35. The zero-order valence-electron chi connectivity index (χ0n) is 10.1. The van der Waals surface area contributed by atoms with Crippen molar-refractivity contribution in [1.29, 1.82) is 0 Å². The van der Waals surface area contributed by atoms with Gasteiger partial charge in [-0.25, -0.2) is 4.98 Å². The molecule has 0 saturated heterocycles. The van der Waals surface area contributed by atoms with E-state index in [0.717, 1.165) is 0 Å². The molecule has 0 unspecified atom stereocenters. The highest BCUT2D eigenvalue weighted by atomic mass is 35.5. The minimum Gasteiger partial charge on any atom is -0.481 e. The Kier molecular flexibility index (Phi) is 4.07. The Hall–Kier alpha value is -1.59. The molecule has 7 heteroatoms. The molecule has 0 fully saturated rings. The van der Waals surface area contributed by atoms with E-state index >= 15 is 0 Å². The van der Waals surface area contributed by atoms with Gasteiger partial charge in [0.25, 0.3) is 0 Å². The van der Waals surface area contributed by atoms with Crippen molar-refractivity contribution in [2.45, 2.75) is 6.42 Å². The monoisotopic (exact) mass is 299 g/mol. The van der Waals surface area contributed by atoms with E-state index in [-0.39, 0.29) is 6.42 Å². The van der Waals surface area contributed by atoms with E-state index in [1.54, 1.807) is 30.3 Å². The summed E-state index contributed by atoms with van der Waals surface area (Å²) < 4.78 is 0. The van der Waals surface area contributed by atoms with Gasteiger partial charge < -0.3 is 10.0 Å². The van der Waals surface area contributed by atoms with Gasteiger partial charge in [0.05, 0.1) is 33.7 Å². The van der Waals surface area contributed by atoms with Crippen LogP contribution in [-0.4, -0.2) is 34.6 Å². The third-order valence-electron chi connectivity index (χ3n) is 2.62. The van der Waals surface area contributed by atoms with E-state index < -0.39 is 5.97 Å². The number of carbonyl (C=O) groups is 1. The molecule has 0 amide bonds. The molecular formula is C12H11Cl2N3O2. The lowest BCUT2D eigenvalue weighted by molar-refractivity contribution is -0.136. The largest absolute Gasteiger partial charge is 0.481 e. The fourth-order valence-electron chi connectivity index (χ4n) is 1.56. The van der Waals surface area contributed by atoms with Crippen molar-refractivity contribution in [2.75, 3.05) is 18.5 Å². The maximum absolute atomic E-state index is 10.5. The fourth-order valence-corrected chi connectivity index (χ4v) is 1.88. The fraction of sp³-hybridized carbons (Fsp3) is 0.250. The van der Waals surface area contributed by atoms with Gasteiger partial charge in [-0.05, 0) is 12.1 Å². The van der Waals surface area contributed by atoms with Crippen LogP contribution in [0.1, 0.15) is 6.42 Å². The second-order valence-electron chi connectivity index (χ2n) is 4.05. The van der Waals surface area contributed by atoms with Crippen molar-refractivity contribution in [3.8, 4) is 0 Å². The minimum atomic E-state index is -0.851. The van der Waals surface area contributed by atoms with Crippen LogP contribution in [-0.2, 0) is 4.79 Å². The first-order chi connectivity index (χ1) is 8.97. The molecule has 1 N–H and O–H groups in total. The number of anilines is 1. The number of nitrogens with zero attached hydrogens (tertiary/aromatic N) is 3.